The molecule has 2 rings (SSSR count). The fraction of sp³-hybridized carbons (Fsp3) is 0.211. The van der Waals surface area contributed by atoms with Crippen molar-refractivity contribution in [2.45, 2.75) is 25.4 Å². The molecule has 0 bridgehead atoms. The summed E-state index contributed by atoms with van der Waals surface area (Å²) >= 11 is 3.31. The zero-order valence-corrected chi connectivity index (χ0v) is 15.6. The van der Waals surface area contributed by atoms with E-state index in [9.17, 15) is 19.5 Å². The highest BCUT2D eigenvalue weighted by molar-refractivity contribution is 9.10. The van der Waals surface area contributed by atoms with Gasteiger partial charge in [-0.05, 0) is 36.2 Å². The van der Waals surface area contributed by atoms with Gasteiger partial charge in [-0.15, -0.1) is 0 Å². The molecular weight excluding hydrogens is 400 g/mol. The molecule has 0 heterocycles. The summed E-state index contributed by atoms with van der Waals surface area (Å²) in [6.45, 7) is 0.117. The first kappa shape index (κ1) is 19.7. The lowest BCUT2D eigenvalue weighted by Gasteiger charge is -2.29. The number of carbonyl (C=O) groups excluding carboxylic acids is 2. The van der Waals surface area contributed by atoms with Crippen LogP contribution in [0.25, 0.3) is 0 Å². The second-order valence-corrected chi connectivity index (χ2v) is 6.70. The minimum absolute atomic E-state index is 0.0419. The first-order valence-electron chi connectivity index (χ1n) is 8.00. The molecule has 0 unspecified atom stereocenters. The Kier molecular flexibility index (Phi) is 6.91. The van der Waals surface area contributed by atoms with E-state index in [1.54, 1.807) is 24.3 Å². The quantitative estimate of drug-likeness (QED) is 0.687. The maximum atomic E-state index is 13.0. The molecule has 2 amide bonds. The predicted molar refractivity (Wildman–Crippen MR) is 100 cm³/mol. The van der Waals surface area contributed by atoms with Gasteiger partial charge >= 0.3 is 5.97 Å². The smallest absolute Gasteiger partial charge is 0.326 e. The maximum Gasteiger partial charge on any atom is 0.326 e. The van der Waals surface area contributed by atoms with Gasteiger partial charge in [0.15, 0.2) is 0 Å². The van der Waals surface area contributed by atoms with Crippen molar-refractivity contribution in [3.05, 3.63) is 70.2 Å². The Bertz CT molecular complexity index is 778. The van der Waals surface area contributed by atoms with E-state index in [2.05, 4.69) is 15.9 Å². The normalized spacial score (nSPS) is 11.6. The van der Waals surface area contributed by atoms with Crippen LogP contribution in [0.1, 0.15) is 28.8 Å². The molecule has 0 saturated carbocycles. The average Bonchev–Trinajstić information content (AvgIpc) is 2.61. The number of hydrogen-bond donors (Lipinski definition) is 2. The summed E-state index contributed by atoms with van der Waals surface area (Å²) in [5.41, 5.74) is 6.32. The Hall–Kier alpha value is -2.67. The molecule has 2 aromatic carbocycles. The molecule has 6 nitrogen and oxygen atoms in total. The summed E-state index contributed by atoms with van der Waals surface area (Å²) in [5, 5.41) is 9.62. The standard InChI is InChI=1S/C19H19BrN2O4/c20-15-8-6-14(7-9-15)18(24)22(12-13-4-2-1-3-5-13)16(19(25)26)10-11-17(21)23/h1-9,16H,10-12H2,(H2,21,23)(H,25,26)/t16-/m0/s1. The van der Waals surface area contributed by atoms with Crippen LogP contribution >= 0.6 is 15.9 Å². The van der Waals surface area contributed by atoms with Crippen LogP contribution in [0.5, 0.6) is 0 Å². The molecule has 0 fully saturated rings. The largest absolute Gasteiger partial charge is 0.480 e. The van der Waals surface area contributed by atoms with Crippen LogP contribution in [0.15, 0.2) is 59.1 Å². The van der Waals surface area contributed by atoms with Crippen LogP contribution in [0, 0.1) is 0 Å². The molecule has 3 N–H and O–H groups in total. The van der Waals surface area contributed by atoms with Crippen molar-refractivity contribution in [1.29, 1.82) is 0 Å². The van der Waals surface area contributed by atoms with Gasteiger partial charge in [-0.25, -0.2) is 4.79 Å². The van der Waals surface area contributed by atoms with Gasteiger partial charge in [-0.3, -0.25) is 9.59 Å². The topological polar surface area (TPSA) is 101 Å². The first-order valence-corrected chi connectivity index (χ1v) is 8.79. The summed E-state index contributed by atoms with van der Waals surface area (Å²) in [6, 6.07) is 14.6. The number of benzene rings is 2. The monoisotopic (exact) mass is 418 g/mol. The van der Waals surface area contributed by atoms with E-state index >= 15 is 0 Å². The van der Waals surface area contributed by atoms with E-state index in [0.29, 0.717) is 5.56 Å². The van der Waals surface area contributed by atoms with Gasteiger partial charge in [0.25, 0.3) is 5.91 Å². The number of aliphatic carboxylic acids is 1. The summed E-state index contributed by atoms with van der Waals surface area (Å²) in [5.74, 6) is -2.20. The van der Waals surface area contributed by atoms with E-state index in [1.807, 2.05) is 30.3 Å². The van der Waals surface area contributed by atoms with Crippen LogP contribution < -0.4 is 5.73 Å². The van der Waals surface area contributed by atoms with Crippen LogP contribution in [0.4, 0.5) is 0 Å². The second-order valence-electron chi connectivity index (χ2n) is 5.78. The van der Waals surface area contributed by atoms with E-state index in [4.69, 9.17) is 5.73 Å². The Morgan fingerprint density at radius 1 is 1.04 bits per heavy atom. The zero-order chi connectivity index (χ0) is 19.1. The van der Waals surface area contributed by atoms with E-state index < -0.39 is 23.8 Å². The van der Waals surface area contributed by atoms with E-state index in [-0.39, 0.29) is 19.4 Å². The lowest BCUT2D eigenvalue weighted by atomic mass is 10.1. The molecule has 7 heteroatoms. The number of carboxylic acid groups (broad SMARTS) is 1. The highest BCUT2D eigenvalue weighted by atomic mass is 79.9. The van der Waals surface area contributed by atoms with Crippen molar-refractivity contribution in [2.75, 3.05) is 0 Å². The molecule has 1 atom stereocenters. The molecule has 26 heavy (non-hydrogen) atoms. The second kappa shape index (κ2) is 9.15. The van der Waals surface area contributed by atoms with Crippen LogP contribution in [0.2, 0.25) is 0 Å². The molecule has 0 aromatic heterocycles. The number of carboxylic acids is 1. The Balaban J connectivity index is 2.35. The Morgan fingerprint density at radius 2 is 1.65 bits per heavy atom. The molecule has 136 valence electrons. The maximum absolute atomic E-state index is 13.0. The van der Waals surface area contributed by atoms with Gasteiger partial charge in [0.1, 0.15) is 6.04 Å². The van der Waals surface area contributed by atoms with Crippen LogP contribution in [0.3, 0.4) is 0 Å². The summed E-state index contributed by atoms with van der Waals surface area (Å²) < 4.78 is 0.812. The van der Waals surface area contributed by atoms with Gasteiger partial charge in [0.2, 0.25) is 5.91 Å². The van der Waals surface area contributed by atoms with Crippen molar-refractivity contribution < 1.29 is 19.5 Å². The lowest BCUT2D eigenvalue weighted by molar-refractivity contribution is -0.143. The highest BCUT2D eigenvalue weighted by Gasteiger charge is 2.30. The van der Waals surface area contributed by atoms with Crippen LogP contribution in [-0.2, 0) is 16.1 Å². The highest BCUT2D eigenvalue weighted by Crippen LogP contribution is 2.19. The Labute approximate surface area is 159 Å². The van der Waals surface area contributed by atoms with Gasteiger partial charge in [0, 0.05) is 23.0 Å². The molecule has 0 radical (unpaired) electrons. The molecule has 0 aliphatic carbocycles. The molecule has 0 saturated heterocycles. The number of amides is 2. The number of carbonyl (C=O) groups is 3. The zero-order valence-electron chi connectivity index (χ0n) is 14.0. The van der Waals surface area contributed by atoms with Gasteiger partial charge in [-0.2, -0.15) is 0 Å². The first-order chi connectivity index (χ1) is 12.4. The molecule has 0 spiro atoms. The summed E-state index contributed by atoms with van der Waals surface area (Å²) in [4.78, 5) is 37.1. The summed E-state index contributed by atoms with van der Waals surface area (Å²) in [6.07, 6.45) is -0.157. The third-order valence-corrected chi connectivity index (χ3v) is 4.40. The van der Waals surface area contributed by atoms with E-state index in [0.717, 1.165) is 10.0 Å². The van der Waals surface area contributed by atoms with Gasteiger partial charge < -0.3 is 15.7 Å². The van der Waals surface area contributed by atoms with Crippen molar-refractivity contribution in [1.82, 2.24) is 4.90 Å². The fourth-order valence-corrected chi connectivity index (χ4v) is 2.82. The number of rotatable bonds is 8. The lowest BCUT2D eigenvalue weighted by Crippen LogP contribution is -2.45. The minimum atomic E-state index is -1.17. The number of hydrogen-bond acceptors (Lipinski definition) is 3. The molecule has 0 aliphatic heterocycles. The van der Waals surface area contributed by atoms with Crippen molar-refractivity contribution in [3.8, 4) is 0 Å². The van der Waals surface area contributed by atoms with E-state index in [1.165, 1.54) is 4.90 Å². The summed E-state index contributed by atoms with van der Waals surface area (Å²) in [7, 11) is 0. The SMILES string of the molecule is NC(=O)CC[C@@H](C(=O)O)N(Cc1ccccc1)C(=O)c1ccc(Br)cc1. The third-order valence-electron chi connectivity index (χ3n) is 3.87. The minimum Gasteiger partial charge on any atom is -0.480 e. The van der Waals surface area contributed by atoms with Gasteiger partial charge in [-0.1, -0.05) is 46.3 Å². The fourth-order valence-electron chi connectivity index (χ4n) is 2.55. The number of primary amides is 1. The predicted octanol–water partition coefficient (Wildman–Crippen LogP) is 2.81. The van der Waals surface area contributed by atoms with Crippen molar-refractivity contribution >= 4 is 33.7 Å². The molecular formula is C19H19BrN2O4. The Morgan fingerprint density at radius 3 is 2.19 bits per heavy atom. The number of halogens is 1. The number of nitrogens with two attached hydrogens (primary N) is 1. The molecule has 2 aromatic rings. The van der Waals surface area contributed by atoms with Crippen molar-refractivity contribution in [2.24, 2.45) is 5.73 Å². The number of nitrogens with zero attached hydrogens (tertiary/aromatic N) is 1. The van der Waals surface area contributed by atoms with Crippen LogP contribution in [-0.4, -0.2) is 33.8 Å². The average molecular weight is 419 g/mol. The molecule has 0 aliphatic rings. The van der Waals surface area contributed by atoms with Gasteiger partial charge in [0.05, 0.1) is 0 Å². The third kappa shape index (κ3) is 5.42. The van der Waals surface area contributed by atoms with Crippen molar-refractivity contribution in [3.63, 3.8) is 0 Å².